The fraction of sp³-hybridized carbons (Fsp3) is 0.182. The van der Waals surface area contributed by atoms with Crippen LogP contribution in [-0.2, 0) is 13.6 Å². The molecule has 2 aromatic heterocycles. The minimum Gasteiger partial charge on any atom is -0.326 e. The quantitative estimate of drug-likeness (QED) is 0.743. The molecule has 0 amide bonds. The van der Waals surface area contributed by atoms with Crippen LogP contribution in [0.5, 0.6) is 0 Å². The first-order valence-corrected chi connectivity index (χ1v) is 6.06. The predicted molar refractivity (Wildman–Crippen MR) is 67.5 cm³/mol. The van der Waals surface area contributed by atoms with Crippen LogP contribution in [0, 0.1) is 0 Å². The van der Waals surface area contributed by atoms with E-state index in [9.17, 15) is 0 Å². The van der Waals surface area contributed by atoms with Crippen LogP contribution in [-0.4, -0.2) is 19.1 Å². The van der Waals surface area contributed by atoms with E-state index in [1.807, 2.05) is 35.2 Å². The minimum atomic E-state index is 0.528. The number of aromatic nitrogens is 4. The number of fused-ring (bicyclic) bond motifs is 1. The number of hydrogen-bond acceptors (Lipinski definition) is 5. The summed E-state index contributed by atoms with van der Waals surface area (Å²) in [5, 5.41) is 5.94. The summed E-state index contributed by atoms with van der Waals surface area (Å²) in [4.78, 5) is 4.57. The Hall–Kier alpha value is -1.79. The van der Waals surface area contributed by atoms with Crippen LogP contribution in [0.25, 0.3) is 22.6 Å². The molecule has 17 heavy (non-hydrogen) atoms. The number of nitrogens with zero attached hydrogens (tertiary/aromatic N) is 4. The first kappa shape index (κ1) is 10.4. The molecule has 0 atom stereocenters. The van der Waals surface area contributed by atoms with Crippen LogP contribution < -0.4 is 5.73 Å². The van der Waals surface area contributed by atoms with E-state index < -0.39 is 0 Å². The molecule has 0 saturated carbocycles. The predicted octanol–water partition coefficient (Wildman–Crippen LogP) is 1.55. The van der Waals surface area contributed by atoms with Crippen molar-refractivity contribution < 1.29 is 0 Å². The molecule has 5 nitrogen and oxygen atoms in total. The number of imidazole rings is 1. The van der Waals surface area contributed by atoms with Crippen LogP contribution >= 0.6 is 11.5 Å². The molecule has 0 aliphatic rings. The van der Waals surface area contributed by atoms with Crippen LogP contribution in [0.4, 0.5) is 0 Å². The molecule has 6 heteroatoms. The maximum Gasteiger partial charge on any atom is 0.162 e. The Balaban J connectivity index is 2.24. The van der Waals surface area contributed by atoms with Crippen molar-refractivity contribution in [3.05, 3.63) is 29.1 Å². The van der Waals surface area contributed by atoms with Gasteiger partial charge in [0.15, 0.2) is 5.82 Å². The third kappa shape index (κ3) is 1.62. The molecule has 0 fully saturated rings. The van der Waals surface area contributed by atoms with Gasteiger partial charge in [0.05, 0.1) is 11.0 Å². The molecule has 2 N–H and O–H groups in total. The lowest BCUT2D eigenvalue weighted by molar-refractivity contribution is 0.945. The lowest BCUT2D eigenvalue weighted by atomic mass is 10.2. The molecule has 2 heterocycles. The van der Waals surface area contributed by atoms with E-state index in [-0.39, 0.29) is 0 Å². The van der Waals surface area contributed by atoms with Crippen molar-refractivity contribution in [1.29, 1.82) is 0 Å². The second-order valence-electron chi connectivity index (χ2n) is 3.81. The number of hydrogen-bond donors (Lipinski definition) is 1. The van der Waals surface area contributed by atoms with Gasteiger partial charge in [-0.3, -0.25) is 0 Å². The van der Waals surface area contributed by atoms with Crippen molar-refractivity contribution in [2.45, 2.75) is 6.54 Å². The first-order valence-electron chi connectivity index (χ1n) is 5.22. The number of aryl methyl sites for hydroxylation is 1. The maximum atomic E-state index is 5.63. The van der Waals surface area contributed by atoms with Crippen molar-refractivity contribution in [2.75, 3.05) is 0 Å². The van der Waals surface area contributed by atoms with E-state index in [4.69, 9.17) is 5.73 Å². The third-order valence-electron chi connectivity index (χ3n) is 2.77. The van der Waals surface area contributed by atoms with Gasteiger partial charge in [0.1, 0.15) is 5.69 Å². The number of nitrogens with two attached hydrogens (primary N) is 1. The molecular weight excluding hydrogens is 234 g/mol. The molecule has 3 rings (SSSR count). The molecular formula is C11H11N5S. The third-order valence-corrected chi connectivity index (χ3v) is 3.27. The molecule has 86 valence electrons. The highest BCUT2D eigenvalue weighted by Gasteiger charge is 2.11. The van der Waals surface area contributed by atoms with Crippen LogP contribution in [0.2, 0.25) is 0 Å². The summed E-state index contributed by atoms with van der Waals surface area (Å²) < 4.78 is 5.88. The fourth-order valence-corrected chi connectivity index (χ4v) is 2.30. The van der Waals surface area contributed by atoms with Gasteiger partial charge >= 0.3 is 0 Å². The SMILES string of the molecule is Cn1c(-c2csnn2)nc2cc(CN)ccc21. The minimum absolute atomic E-state index is 0.528. The van der Waals surface area contributed by atoms with E-state index in [2.05, 4.69) is 14.6 Å². The molecule has 0 saturated heterocycles. The summed E-state index contributed by atoms with van der Waals surface area (Å²) in [5.74, 6) is 0.836. The van der Waals surface area contributed by atoms with Crippen LogP contribution in [0.15, 0.2) is 23.6 Å². The zero-order chi connectivity index (χ0) is 11.8. The van der Waals surface area contributed by atoms with Gasteiger partial charge in [-0.1, -0.05) is 10.6 Å². The Morgan fingerprint density at radius 2 is 2.29 bits per heavy atom. The van der Waals surface area contributed by atoms with Crippen molar-refractivity contribution in [3.63, 3.8) is 0 Å². The summed E-state index contributed by atoms with van der Waals surface area (Å²) in [6.07, 6.45) is 0. The van der Waals surface area contributed by atoms with E-state index >= 15 is 0 Å². The molecule has 0 spiro atoms. The van der Waals surface area contributed by atoms with Crippen LogP contribution in [0.1, 0.15) is 5.56 Å². The molecule has 0 aliphatic heterocycles. The van der Waals surface area contributed by atoms with Crippen molar-refractivity contribution in [3.8, 4) is 11.5 Å². The smallest absolute Gasteiger partial charge is 0.162 e. The molecule has 0 bridgehead atoms. The highest BCUT2D eigenvalue weighted by Crippen LogP contribution is 2.23. The van der Waals surface area contributed by atoms with Gasteiger partial charge in [0.25, 0.3) is 0 Å². The van der Waals surface area contributed by atoms with Gasteiger partial charge < -0.3 is 10.3 Å². The zero-order valence-corrected chi connectivity index (χ0v) is 10.1. The molecule has 1 aromatic carbocycles. The highest BCUT2D eigenvalue weighted by atomic mass is 32.1. The topological polar surface area (TPSA) is 69.6 Å². The van der Waals surface area contributed by atoms with Gasteiger partial charge in [-0.2, -0.15) is 0 Å². The van der Waals surface area contributed by atoms with Crippen molar-refractivity contribution >= 4 is 22.6 Å². The summed E-state index contributed by atoms with van der Waals surface area (Å²) in [6, 6.07) is 6.07. The monoisotopic (exact) mass is 245 g/mol. The van der Waals surface area contributed by atoms with Gasteiger partial charge in [-0.15, -0.1) is 5.10 Å². The normalized spacial score (nSPS) is 11.2. The summed E-state index contributed by atoms with van der Waals surface area (Å²) >= 11 is 1.33. The highest BCUT2D eigenvalue weighted by molar-refractivity contribution is 7.03. The van der Waals surface area contributed by atoms with Crippen molar-refractivity contribution in [2.24, 2.45) is 12.8 Å². The Morgan fingerprint density at radius 3 is 3.00 bits per heavy atom. The van der Waals surface area contributed by atoms with E-state index in [0.29, 0.717) is 6.54 Å². The number of rotatable bonds is 2. The Morgan fingerprint density at radius 1 is 1.41 bits per heavy atom. The average molecular weight is 245 g/mol. The lowest BCUT2D eigenvalue weighted by Gasteiger charge is -1.98. The second-order valence-corrected chi connectivity index (χ2v) is 4.42. The Labute approximate surface area is 102 Å². The first-order chi connectivity index (χ1) is 8.29. The average Bonchev–Trinajstić information content (AvgIpc) is 2.97. The fourth-order valence-electron chi connectivity index (χ4n) is 1.86. The van der Waals surface area contributed by atoms with E-state index in [1.165, 1.54) is 11.5 Å². The largest absolute Gasteiger partial charge is 0.326 e. The molecule has 0 unspecified atom stereocenters. The molecule has 3 aromatic rings. The van der Waals surface area contributed by atoms with Gasteiger partial charge in [-0.05, 0) is 29.2 Å². The summed E-state index contributed by atoms with van der Waals surface area (Å²) in [6.45, 7) is 0.528. The summed E-state index contributed by atoms with van der Waals surface area (Å²) in [5.41, 5.74) is 9.53. The molecule has 0 aliphatic carbocycles. The van der Waals surface area contributed by atoms with Crippen molar-refractivity contribution in [1.82, 2.24) is 19.1 Å². The molecule has 0 radical (unpaired) electrons. The maximum absolute atomic E-state index is 5.63. The van der Waals surface area contributed by atoms with Gasteiger partial charge in [-0.25, -0.2) is 4.98 Å². The van der Waals surface area contributed by atoms with Gasteiger partial charge in [0, 0.05) is 19.0 Å². The zero-order valence-electron chi connectivity index (χ0n) is 9.29. The summed E-state index contributed by atoms with van der Waals surface area (Å²) in [7, 11) is 1.98. The standard InChI is InChI=1S/C11H11N5S/c1-16-10-3-2-7(5-12)4-8(10)13-11(16)9-6-17-15-14-9/h2-4,6H,5,12H2,1H3. The van der Waals surface area contributed by atoms with E-state index in [0.717, 1.165) is 28.1 Å². The Kier molecular flexibility index (Phi) is 2.38. The second kappa shape index (κ2) is 3.90. The van der Waals surface area contributed by atoms with Crippen LogP contribution in [0.3, 0.4) is 0 Å². The Bertz CT molecular complexity index is 656. The van der Waals surface area contributed by atoms with E-state index in [1.54, 1.807) is 0 Å². The number of benzene rings is 1. The van der Waals surface area contributed by atoms with Gasteiger partial charge in [0.2, 0.25) is 0 Å². The lowest BCUT2D eigenvalue weighted by Crippen LogP contribution is -1.95.